The zero-order valence-electron chi connectivity index (χ0n) is 17.1. The topological polar surface area (TPSA) is 52.6 Å². The van der Waals surface area contributed by atoms with Gasteiger partial charge in [-0.2, -0.15) is 0 Å². The van der Waals surface area contributed by atoms with Crippen molar-refractivity contribution in [2.45, 2.75) is 32.1 Å². The lowest BCUT2D eigenvalue weighted by molar-refractivity contribution is -0.133. The summed E-state index contributed by atoms with van der Waals surface area (Å²) in [5.41, 5.74) is 1.28. The maximum atomic E-state index is 12.3. The molecule has 0 N–H and O–H groups in total. The van der Waals surface area contributed by atoms with Crippen molar-refractivity contribution in [1.29, 1.82) is 0 Å². The van der Waals surface area contributed by atoms with E-state index in [4.69, 9.17) is 9.47 Å². The van der Waals surface area contributed by atoms with Crippen molar-refractivity contribution >= 4 is 30.8 Å². The Labute approximate surface area is 172 Å². The van der Waals surface area contributed by atoms with E-state index < -0.39 is 8.07 Å². The van der Waals surface area contributed by atoms with Gasteiger partial charge in [-0.1, -0.05) is 62.1 Å². The molecule has 0 radical (unpaired) electrons. The highest BCUT2D eigenvalue weighted by Gasteiger charge is 2.15. The molecule has 0 aliphatic rings. The summed E-state index contributed by atoms with van der Waals surface area (Å²) in [6.07, 6.45) is 0.137. The zero-order valence-corrected chi connectivity index (χ0v) is 18.1. The van der Waals surface area contributed by atoms with Gasteiger partial charge in [-0.15, -0.1) is 0 Å². The molecule has 0 unspecified atom stereocenters. The largest absolute Gasteiger partial charge is 0.462 e. The van der Waals surface area contributed by atoms with Gasteiger partial charge in [0.15, 0.2) is 0 Å². The number of fused-ring (bicyclic) bond motifs is 1. The molecule has 0 bridgehead atoms. The lowest BCUT2D eigenvalue weighted by Crippen LogP contribution is -2.22. The van der Waals surface area contributed by atoms with Crippen molar-refractivity contribution in [2.24, 2.45) is 0 Å². The number of hydrogen-bond acceptors (Lipinski definition) is 4. The van der Waals surface area contributed by atoms with Gasteiger partial charge in [0.25, 0.3) is 0 Å². The van der Waals surface area contributed by atoms with E-state index in [2.05, 4.69) is 19.6 Å². The molecule has 0 aromatic heterocycles. The minimum absolute atomic E-state index is 0.137. The quantitative estimate of drug-likeness (QED) is 0.296. The number of hydrogen-bond donors (Lipinski definition) is 0. The summed E-state index contributed by atoms with van der Waals surface area (Å²) in [6.45, 7) is 7.18. The average Bonchev–Trinajstić information content (AvgIpc) is 2.67. The first-order valence-corrected chi connectivity index (χ1v) is 13.5. The van der Waals surface area contributed by atoms with Gasteiger partial charge in [-0.25, -0.2) is 4.79 Å². The summed E-state index contributed by atoms with van der Waals surface area (Å²) in [7, 11) is -1.23. The summed E-state index contributed by atoms with van der Waals surface area (Å²) in [4.78, 5) is 24.4. The highest BCUT2D eigenvalue weighted by Crippen LogP contribution is 2.21. The monoisotopic (exact) mass is 406 g/mol. The Morgan fingerprint density at radius 2 is 1.55 bits per heavy atom. The van der Waals surface area contributed by atoms with Crippen LogP contribution in [-0.4, -0.2) is 26.6 Å². The predicted octanol–water partition coefficient (Wildman–Crippen LogP) is 5.48. The Bertz CT molecular complexity index is 1000. The first kappa shape index (κ1) is 20.8. The second-order valence-corrected chi connectivity index (χ2v) is 13.9. The molecular formula is C24H26O4Si. The van der Waals surface area contributed by atoms with Crippen LogP contribution in [0.5, 0.6) is 5.75 Å². The summed E-state index contributed by atoms with van der Waals surface area (Å²) >= 11 is 0. The molecule has 0 atom stereocenters. The van der Waals surface area contributed by atoms with Crippen LogP contribution in [0, 0.1) is 0 Å². The Hall–Kier alpha value is -2.92. The smallest absolute Gasteiger partial charge is 0.338 e. The van der Waals surface area contributed by atoms with E-state index in [9.17, 15) is 9.59 Å². The third-order valence-electron chi connectivity index (χ3n) is 4.58. The van der Waals surface area contributed by atoms with Crippen LogP contribution >= 0.6 is 0 Å². The van der Waals surface area contributed by atoms with Crippen LogP contribution in [-0.2, 0) is 16.0 Å². The molecule has 0 fully saturated rings. The van der Waals surface area contributed by atoms with Gasteiger partial charge in [0.2, 0.25) is 0 Å². The zero-order chi connectivity index (χ0) is 20.9. The van der Waals surface area contributed by atoms with E-state index in [1.54, 1.807) is 30.3 Å². The van der Waals surface area contributed by atoms with E-state index in [1.807, 2.05) is 36.4 Å². The minimum Gasteiger partial charge on any atom is -0.462 e. The maximum Gasteiger partial charge on any atom is 0.338 e. The van der Waals surface area contributed by atoms with Crippen LogP contribution in [0.4, 0.5) is 0 Å². The van der Waals surface area contributed by atoms with Crippen molar-refractivity contribution in [3.8, 4) is 5.75 Å². The number of esters is 2. The van der Waals surface area contributed by atoms with E-state index in [-0.39, 0.29) is 18.4 Å². The fraction of sp³-hybridized carbons (Fsp3) is 0.250. The molecule has 29 heavy (non-hydrogen) atoms. The molecule has 3 aromatic carbocycles. The van der Waals surface area contributed by atoms with Crippen LogP contribution in [0.2, 0.25) is 25.7 Å². The third kappa shape index (κ3) is 6.29. The number of ether oxygens (including phenoxy) is 2. The van der Waals surface area contributed by atoms with Crippen molar-refractivity contribution in [3.05, 3.63) is 77.9 Å². The minimum atomic E-state index is -1.23. The van der Waals surface area contributed by atoms with Gasteiger partial charge in [0, 0.05) is 8.07 Å². The summed E-state index contributed by atoms with van der Waals surface area (Å²) in [5.74, 6) is -0.143. The second-order valence-electron chi connectivity index (χ2n) is 8.30. The van der Waals surface area contributed by atoms with Crippen LogP contribution in [0.1, 0.15) is 15.9 Å². The van der Waals surface area contributed by atoms with Crippen LogP contribution in [0.25, 0.3) is 10.8 Å². The number of rotatable bonds is 7. The first-order valence-electron chi connectivity index (χ1n) is 9.76. The van der Waals surface area contributed by atoms with Crippen LogP contribution in [0.3, 0.4) is 0 Å². The van der Waals surface area contributed by atoms with Gasteiger partial charge in [0.1, 0.15) is 5.75 Å². The molecule has 0 heterocycles. The predicted molar refractivity (Wildman–Crippen MR) is 118 cm³/mol. The third-order valence-corrected chi connectivity index (χ3v) is 6.28. The molecule has 3 aromatic rings. The number of carbonyl (C=O) groups excluding carboxylic acids is 2. The molecule has 0 amide bonds. The number of benzene rings is 3. The molecule has 5 heteroatoms. The molecule has 0 saturated carbocycles. The maximum absolute atomic E-state index is 12.3. The number of carbonyl (C=O) groups is 2. The standard InChI is InChI=1S/C24H26O4Si/c1-29(2,3)15-14-27-24(26)20-10-8-18(9-11-20)16-23(25)28-22-13-12-19-6-4-5-7-21(19)17-22/h4-13,17H,14-16H2,1-3H3. The van der Waals surface area contributed by atoms with Gasteiger partial charge in [-0.3, -0.25) is 4.79 Å². The van der Waals surface area contributed by atoms with Gasteiger partial charge in [0.05, 0.1) is 18.6 Å². The highest BCUT2D eigenvalue weighted by atomic mass is 28.3. The fourth-order valence-corrected chi connectivity index (χ4v) is 3.57. The molecule has 3 rings (SSSR count). The van der Waals surface area contributed by atoms with Crippen LogP contribution in [0.15, 0.2) is 66.7 Å². The Morgan fingerprint density at radius 3 is 2.24 bits per heavy atom. The summed E-state index contributed by atoms with van der Waals surface area (Å²) in [6, 6.07) is 21.3. The Morgan fingerprint density at radius 1 is 0.862 bits per heavy atom. The van der Waals surface area contributed by atoms with Gasteiger partial charge >= 0.3 is 11.9 Å². The van der Waals surface area contributed by atoms with Crippen molar-refractivity contribution in [3.63, 3.8) is 0 Å². The molecule has 0 spiro atoms. The molecular weight excluding hydrogens is 380 g/mol. The summed E-state index contributed by atoms with van der Waals surface area (Å²) in [5, 5.41) is 2.12. The average molecular weight is 407 g/mol. The van der Waals surface area contributed by atoms with Crippen molar-refractivity contribution in [2.75, 3.05) is 6.61 Å². The SMILES string of the molecule is C[Si](C)(C)CCOC(=O)c1ccc(CC(=O)Oc2ccc3ccccc3c2)cc1. The molecule has 0 aliphatic carbocycles. The van der Waals surface area contributed by atoms with Crippen molar-refractivity contribution < 1.29 is 19.1 Å². The normalized spacial score (nSPS) is 11.3. The first-order chi connectivity index (χ1) is 13.8. The Balaban J connectivity index is 1.54. The van der Waals surface area contributed by atoms with Gasteiger partial charge < -0.3 is 9.47 Å². The fourth-order valence-electron chi connectivity index (χ4n) is 2.86. The molecule has 0 saturated heterocycles. The molecule has 150 valence electrons. The van der Waals surface area contributed by atoms with E-state index in [0.29, 0.717) is 17.9 Å². The van der Waals surface area contributed by atoms with E-state index in [1.165, 1.54) is 0 Å². The summed E-state index contributed by atoms with van der Waals surface area (Å²) < 4.78 is 10.8. The second kappa shape index (κ2) is 9.05. The molecule has 4 nitrogen and oxygen atoms in total. The Kier molecular flexibility index (Phi) is 6.49. The molecule has 0 aliphatic heterocycles. The highest BCUT2D eigenvalue weighted by molar-refractivity contribution is 6.76. The van der Waals surface area contributed by atoms with E-state index in [0.717, 1.165) is 22.4 Å². The van der Waals surface area contributed by atoms with Gasteiger partial charge in [-0.05, 0) is 46.6 Å². The lowest BCUT2D eigenvalue weighted by atomic mass is 10.1. The van der Waals surface area contributed by atoms with Crippen LogP contribution < -0.4 is 4.74 Å². The van der Waals surface area contributed by atoms with E-state index >= 15 is 0 Å². The van der Waals surface area contributed by atoms with Crippen molar-refractivity contribution in [1.82, 2.24) is 0 Å². The lowest BCUT2D eigenvalue weighted by Gasteiger charge is -2.15.